The Hall–Kier alpha value is -0.930. The lowest BCUT2D eigenvalue weighted by atomic mass is 9.80. The van der Waals surface area contributed by atoms with Crippen molar-refractivity contribution in [3.8, 4) is 0 Å². The molecule has 0 aromatic heterocycles. The zero-order chi connectivity index (χ0) is 14.3. The molecule has 1 fully saturated rings. The molecular formula is C16H24FNO. The maximum atomic E-state index is 13.7. The molecule has 19 heavy (non-hydrogen) atoms. The van der Waals surface area contributed by atoms with Gasteiger partial charge < -0.3 is 10.5 Å². The van der Waals surface area contributed by atoms with Gasteiger partial charge in [-0.15, -0.1) is 0 Å². The molecule has 1 aliphatic rings. The van der Waals surface area contributed by atoms with E-state index in [9.17, 15) is 4.39 Å². The Morgan fingerprint density at radius 1 is 1.11 bits per heavy atom. The molecule has 0 spiro atoms. The van der Waals surface area contributed by atoms with Gasteiger partial charge in [0.25, 0.3) is 0 Å². The van der Waals surface area contributed by atoms with Crippen molar-refractivity contribution in [1.29, 1.82) is 0 Å². The lowest BCUT2D eigenvalue weighted by molar-refractivity contribution is 0.0489. The van der Waals surface area contributed by atoms with E-state index in [2.05, 4.69) is 20.8 Å². The quantitative estimate of drug-likeness (QED) is 0.888. The fourth-order valence-electron chi connectivity index (χ4n) is 3.31. The van der Waals surface area contributed by atoms with Crippen LogP contribution in [0.3, 0.4) is 0 Å². The Morgan fingerprint density at radius 3 is 2.05 bits per heavy atom. The highest BCUT2D eigenvalue weighted by Crippen LogP contribution is 2.39. The van der Waals surface area contributed by atoms with Crippen LogP contribution in [0.5, 0.6) is 0 Å². The zero-order valence-corrected chi connectivity index (χ0v) is 12.4. The second-order valence-corrected chi connectivity index (χ2v) is 5.98. The average molecular weight is 265 g/mol. The predicted octanol–water partition coefficient (Wildman–Crippen LogP) is 3.50. The van der Waals surface area contributed by atoms with Crippen LogP contribution in [0.2, 0.25) is 0 Å². The van der Waals surface area contributed by atoms with Crippen molar-refractivity contribution in [1.82, 2.24) is 0 Å². The second kappa shape index (κ2) is 5.22. The van der Waals surface area contributed by atoms with E-state index >= 15 is 0 Å². The number of benzene rings is 1. The first-order valence-corrected chi connectivity index (χ1v) is 7.00. The second-order valence-electron chi connectivity index (χ2n) is 5.98. The maximum Gasteiger partial charge on any atom is 0.129 e. The van der Waals surface area contributed by atoms with E-state index in [-0.39, 0.29) is 30.0 Å². The van der Waals surface area contributed by atoms with Crippen LogP contribution in [0.25, 0.3) is 0 Å². The van der Waals surface area contributed by atoms with Crippen LogP contribution in [-0.2, 0) is 4.74 Å². The van der Waals surface area contributed by atoms with E-state index in [0.29, 0.717) is 17.0 Å². The maximum absolute atomic E-state index is 13.7. The molecule has 0 bridgehead atoms. The first-order valence-electron chi connectivity index (χ1n) is 7.00. The van der Waals surface area contributed by atoms with E-state index in [0.717, 1.165) is 5.56 Å². The molecule has 1 aromatic carbocycles. The molecule has 2 nitrogen and oxygen atoms in total. The number of ether oxygens (including phenoxy) is 1. The molecule has 106 valence electrons. The van der Waals surface area contributed by atoms with E-state index in [1.807, 2.05) is 12.1 Å². The van der Waals surface area contributed by atoms with Crippen LogP contribution in [0.15, 0.2) is 12.1 Å². The summed E-state index contributed by atoms with van der Waals surface area (Å²) in [5, 5.41) is 0. The Balaban J connectivity index is 2.32. The predicted molar refractivity (Wildman–Crippen MR) is 75.5 cm³/mol. The van der Waals surface area contributed by atoms with Crippen molar-refractivity contribution >= 4 is 0 Å². The molecule has 2 rings (SSSR count). The highest BCUT2D eigenvalue weighted by atomic mass is 19.1. The average Bonchev–Trinajstić information content (AvgIpc) is 2.59. The fourth-order valence-corrected chi connectivity index (χ4v) is 3.31. The van der Waals surface area contributed by atoms with Crippen LogP contribution in [-0.4, -0.2) is 12.2 Å². The number of aryl methyl sites for hydroxylation is 2. The van der Waals surface area contributed by atoms with Gasteiger partial charge in [0.1, 0.15) is 5.82 Å². The number of halogens is 1. The van der Waals surface area contributed by atoms with Crippen LogP contribution < -0.4 is 5.73 Å². The van der Waals surface area contributed by atoms with Gasteiger partial charge >= 0.3 is 0 Å². The van der Waals surface area contributed by atoms with Crippen LogP contribution in [0.1, 0.15) is 43.5 Å². The SMILES string of the molecule is Cc1cc(C(N)C2C(C)OC(C)C2C)cc(C)c1F. The third-order valence-electron chi connectivity index (χ3n) is 4.58. The lowest BCUT2D eigenvalue weighted by Gasteiger charge is -2.26. The number of hydrogen-bond acceptors (Lipinski definition) is 2. The molecule has 1 aliphatic heterocycles. The Morgan fingerprint density at radius 2 is 1.63 bits per heavy atom. The molecule has 0 aliphatic carbocycles. The highest BCUT2D eigenvalue weighted by molar-refractivity contribution is 5.33. The summed E-state index contributed by atoms with van der Waals surface area (Å²) in [6.45, 7) is 9.93. The Labute approximate surface area is 115 Å². The monoisotopic (exact) mass is 265 g/mol. The summed E-state index contributed by atoms with van der Waals surface area (Å²) >= 11 is 0. The Bertz CT molecular complexity index is 451. The van der Waals surface area contributed by atoms with Crippen molar-refractivity contribution < 1.29 is 9.13 Å². The molecule has 0 radical (unpaired) electrons. The minimum absolute atomic E-state index is 0.104. The van der Waals surface area contributed by atoms with E-state index < -0.39 is 0 Å². The van der Waals surface area contributed by atoms with Gasteiger partial charge in [-0.1, -0.05) is 19.1 Å². The molecule has 2 N–H and O–H groups in total. The van der Waals surface area contributed by atoms with Gasteiger partial charge in [0.2, 0.25) is 0 Å². The third kappa shape index (κ3) is 2.54. The van der Waals surface area contributed by atoms with Crippen molar-refractivity contribution in [2.24, 2.45) is 17.6 Å². The van der Waals surface area contributed by atoms with Gasteiger partial charge in [-0.05, 0) is 50.3 Å². The summed E-state index contributed by atoms with van der Waals surface area (Å²) < 4.78 is 19.6. The summed E-state index contributed by atoms with van der Waals surface area (Å²) in [5.74, 6) is 0.558. The van der Waals surface area contributed by atoms with Crippen LogP contribution in [0, 0.1) is 31.5 Å². The molecule has 5 unspecified atom stereocenters. The Kier molecular flexibility index (Phi) is 3.98. The first kappa shape index (κ1) is 14.5. The summed E-state index contributed by atoms with van der Waals surface area (Å²) in [4.78, 5) is 0. The normalized spacial score (nSPS) is 32.6. The summed E-state index contributed by atoms with van der Waals surface area (Å²) in [6.07, 6.45) is 0.374. The summed E-state index contributed by atoms with van der Waals surface area (Å²) in [6, 6.07) is 3.64. The molecular weight excluding hydrogens is 241 g/mol. The van der Waals surface area contributed by atoms with E-state index in [1.54, 1.807) is 13.8 Å². The highest BCUT2D eigenvalue weighted by Gasteiger charge is 2.40. The minimum atomic E-state index is -0.131. The molecule has 1 saturated heterocycles. The van der Waals surface area contributed by atoms with Gasteiger partial charge in [-0.25, -0.2) is 4.39 Å². The molecule has 1 heterocycles. The molecule has 1 aromatic rings. The molecule has 5 atom stereocenters. The van der Waals surface area contributed by atoms with Crippen molar-refractivity contribution in [2.45, 2.75) is 52.9 Å². The number of rotatable bonds is 2. The third-order valence-corrected chi connectivity index (χ3v) is 4.58. The molecule has 0 saturated carbocycles. The smallest absolute Gasteiger partial charge is 0.129 e. The van der Waals surface area contributed by atoms with E-state index in [1.165, 1.54) is 0 Å². The standard InChI is InChI=1S/C16H24FNO/c1-8-6-13(7-9(2)15(8)17)16(18)14-10(3)11(4)19-12(14)5/h6-7,10-12,14,16H,18H2,1-5H3. The summed E-state index contributed by atoms with van der Waals surface area (Å²) in [7, 11) is 0. The van der Waals surface area contributed by atoms with Crippen molar-refractivity contribution in [3.05, 3.63) is 34.6 Å². The van der Waals surface area contributed by atoms with Gasteiger partial charge in [0, 0.05) is 12.0 Å². The first-order chi connectivity index (χ1) is 8.82. The van der Waals surface area contributed by atoms with Gasteiger partial charge in [-0.3, -0.25) is 0 Å². The molecule has 3 heteroatoms. The lowest BCUT2D eigenvalue weighted by Crippen LogP contribution is -2.30. The zero-order valence-electron chi connectivity index (χ0n) is 12.4. The minimum Gasteiger partial charge on any atom is -0.375 e. The van der Waals surface area contributed by atoms with Crippen LogP contribution in [0.4, 0.5) is 4.39 Å². The van der Waals surface area contributed by atoms with Gasteiger partial charge in [-0.2, -0.15) is 0 Å². The molecule has 0 amide bonds. The van der Waals surface area contributed by atoms with Gasteiger partial charge in [0.05, 0.1) is 12.2 Å². The van der Waals surface area contributed by atoms with Crippen molar-refractivity contribution in [2.75, 3.05) is 0 Å². The largest absolute Gasteiger partial charge is 0.375 e. The fraction of sp³-hybridized carbons (Fsp3) is 0.625. The van der Waals surface area contributed by atoms with Crippen molar-refractivity contribution in [3.63, 3.8) is 0 Å². The van der Waals surface area contributed by atoms with Crippen LogP contribution >= 0.6 is 0 Å². The van der Waals surface area contributed by atoms with E-state index in [4.69, 9.17) is 10.5 Å². The van der Waals surface area contributed by atoms with Gasteiger partial charge in [0.15, 0.2) is 0 Å². The number of nitrogens with two attached hydrogens (primary N) is 1. The topological polar surface area (TPSA) is 35.2 Å². The number of hydrogen-bond donors (Lipinski definition) is 1. The summed E-state index contributed by atoms with van der Waals surface area (Å²) in [5.41, 5.74) is 8.77.